The number of carbonyl (C=O) groups is 1. The first kappa shape index (κ1) is 20.3. The van der Waals surface area contributed by atoms with Crippen LogP contribution in [0.5, 0.6) is 17.2 Å². The predicted molar refractivity (Wildman–Crippen MR) is 106 cm³/mol. The lowest BCUT2D eigenvalue weighted by atomic mass is 10.2. The highest BCUT2D eigenvalue weighted by molar-refractivity contribution is 6.30. The number of amides is 1. The Hall–Kier alpha value is -2.99. The third kappa shape index (κ3) is 5.76. The number of rotatable bonds is 9. The number of nitrogens with zero attached hydrogens (tertiary/aromatic N) is 1. The Balaban J connectivity index is 2.10. The quantitative estimate of drug-likeness (QED) is 0.399. The van der Waals surface area contributed by atoms with Gasteiger partial charge in [0, 0.05) is 16.1 Å². The molecule has 0 saturated carbocycles. The first-order valence-corrected chi connectivity index (χ1v) is 8.64. The average Bonchev–Trinajstić information content (AvgIpc) is 2.68. The van der Waals surface area contributed by atoms with Crippen LogP contribution >= 0.6 is 11.6 Å². The summed E-state index contributed by atoms with van der Waals surface area (Å²) in [4.78, 5) is 12.3. The molecule has 0 saturated heterocycles. The molecule has 0 fully saturated rings. The molecule has 0 aromatic heterocycles. The molecule has 0 aliphatic rings. The van der Waals surface area contributed by atoms with Crippen molar-refractivity contribution in [3.63, 3.8) is 0 Å². The van der Waals surface area contributed by atoms with E-state index < -0.39 is 0 Å². The summed E-state index contributed by atoms with van der Waals surface area (Å²) in [6.07, 6.45) is 3.11. The van der Waals surface area contributed by atoms with Crippen LogP contribution in [0, 0.1) is 0 Å². The zero-order valence-corrected chi connectivity index (χ0v) is 16.0. The van der Waals surface area contributed by atoms with Crippen LogP contribution in [0.15, 0.2) is 54.2 Å². The molecule has 2 aromatic carbocycles. The number of hydrogen-bond donors (Lipinski definition) is 1. The second-order valence-corrected chi connectivity index (χ2v) is 5.72. The normalized spacial score (nSPS) is 10.5. The molecule has 0 bridgehead atoms. The maximum Gasteiger partial charge on any atom is 0.271 e. The van der Waals surface area contributed by atoms with Gasteiger partial charge in [0.25, 0.3) is 5.91 Å². The summed E-state index contributed by atoms with van der Waals surface area (Å²) in [5.41, 5.74) is 3.51. The molecule has 1 N–H and O–H groups in total. The second kappa shape index (κ2) is 10.2. The minimum atomic E-state index is -0.389. The highest BCUT2D eigenvalue weighted by atomic mass is 35.5. The zero-order valence-electron chi connectivity index (χ0n) is 15.2. The van der Waals surface area contributed by atoms with E-state index >= 15 is 0 Å². The van der Waals surface area contributed by atoms with Gasteiger partial charge in [-0.1, -0.05) is 24.3 Å². The molecule has 0 aliphatic carbocycles. The lowest BCUT2D eigenvalue weighted by molar-refractivity contribution is 0.0954. The van der Waals surface area contributed by atoms with Gasteiger partial charge >= 0.3 is 0 Å². The minimum Gasteiger partial charge on any atom is -0.493 e. The number of hydrogen-bond acceptors (Lipinski definition) is 5. The van der Waals surface area contributed by atoms with E-state index in [0.717, 1.165) is 0 Å². The van der Waals surface area contributed by atoms with E-state index in [0.29, 0.717) is 46.6 Å². The summed E-state index contributed by atoms with van der Waals surface area (Å²) in [5, 5.41) is 4.53. The number of nitrogens with one attached hydrogen (secondary N) is 1. The van der Waals surface area contributed by atoms with Crippen molar-refractivity contribution in [2.75, 3.05) is 20.3 Å². The molecule has 1 amide bonds. The Bertz CT molecular complexity index is 837. The lowest BCUT2D eigenvalue weighted by Crippen LogP contribution is -2.17. The van der Waals surface area contributed by atoms with Gasteiger partial charge in [-0.2, -0.15) is 5.10 Å². The van der Waals surface area contributed by atoms with Gasteiger partial charge in [0.1, 0.15) is 12.4 Å². The van der Waals surface area contributed by atoms with Gasteiger partial charge in [0.05, 0.1) is 19.9 Å². The molecule has 0 aliphatic heterocycles. The smallest absolute Gasteiger partial charge is 0.271 e. The average molecular weight is 389 g/mol. The molecular formula is C20H21ClN2O4. The highest BCUT2D eigenvalue weighted by Crippen LogP contribution is 2.28. The van der Waals surface area contributed by atoms with E-state index in [4.69, 9.17) is 25.8 Å². The summed E-state index contributed by atoms with van der Waals surface area (Å²) in [5.74, 6) is 1.21. The molecule has 0 heterocycles. The van der Waals surface area contributed by atoms with E-state index in [1.165, 1.54) is 13.3 Å². The molecule has 2 aromatic rings. The summed E-state index contributed by atoms with van der Waals surface area (Å²) >= 11 is 6.00. The fraction of sp³-hybridized carbons (Fsp3) is 0.200. The number of ether oxygens (including phenoxy) is 3. The van der Waals surface area contributed by atoms with Crippen molar-refractivity contribution in [2.45, 2.75) is 6.92 Å². The predicted octanol–water partition coefficient (Wildman–Crippen LogP) is 4.08. The van der Waals surface area contributed by atoms with Crippen LogP contribution in [0.4, 0.5) is 0 Å². The number of hydrazone groups is 1. The molecule has 2 rings (SSSR count). The largest absolute Gasteiger partial charge is 0.493 e. The second-order valence-electron chi connectivity index (χ2n) is 5.28. The highest BCUT2D eigenvalue weighted by Gasteiger charge is 2.11. The van der Waals surface area contributed by atoms with Crippen molar-refractivity contribution < 1.29 is 19.0 Å². The van der Waals surface area contributed by atoms with Gasteiger partial charge in [-0.15, -0.1) is 0 Å². The Morgan fingerprint density at radius 2 is 1.96 bits per heavy atom. The van der Waals surface area contributed by atoms with Crippen LogP contribution in [0.1, 0.15) is 22.8 Å². The molecule has 0 atom stereocenters. The summed E-state index contributed by atoms with van der Waals surface area (Å²) in [7, 11) is 1.50. The van der Waals surface area contributed by atoms with Crippen molar-refractivity contribution >= 4 is 23.7 Å². The van der Waals surface area contributed by atoms with E-state index in [1.807, 2.05) is 6.92 Å². The topological polar surface area (TPSA) is 69.2 Å². The van der Waals surface area contributed by atoms with Gasteiger partial charge < -0.3 is 14.2 Å². The molecular weight excluding hydrogens is 368 g/mol. The van der Waals surface area contributed by atoms with Gasteiger partial charge in [-0.3, -0.25) is 4.79 Å². The maximum absolute atomic E-state index is 12.3. The summed E-state index contributed by atoms with van der Waals surface area (Å²) in [6.45, 7) is 6.33. The number of benzene rings is 2. The summed E-state index contributed by atoms with van der Waals surface area (Å²) in [6, 6.07) is 10.0. The van der Waals surface area contributed by atoms with E-state index in [9.17, 15) is 4.79 Å². The SMILES string of the molecule is C=CCOc1ccc(C(=O)N/N=C/c2cc(Cl)ccc2OCC)cc1OC. The molecule has 0 radical (unpaired) electrons. The van der Waals surface area contributed by atoms with Gasteiger partial charge in [0.2, 0.25) is 0 Å². The standard InChI is InChI=1S/C20H21ClN2O4/c1-4-10-27-18-8-6-14(12-19(18)25-3)20(24)23-22-13-15-11-16(21)7-9-17(15)26-5-2/h4,6-9,11-13H,1,5,10H2,2-3H3,(H,23,24)/b22-13+. The molecule has 27 heavy (non-hydrogen) atoms. The van der Waals surface area contributed by atoms with Crippen LogP contribution in [-0.4, -0.2) is 32.4 Å². The van der Waals surface area contributed by atoms with Crippen LogP contribution in [0.2, 0.25) is 5.02 Å². The van der Waals surface area contributed by atoms with Crippen LogP contribution < -0.4 is 19.6 Å². The maximum atomic E-state index is 12.3. The Labute approximate surface area is 163 Å². The minimum absolute atomic E-state index is 0.341. The summed E-state index contributed by atoms with van der Waals surface area (Å²) < 4.78 is 16.2. The fourth-order valence-corrected chi connectivity index (χ4v) is 2.39. The van der Waals surface area contributed by atoms with Crippen LogP contribution in [-0.2, 0) is 0 Å². The zero-order chi connectivity index (χ0) is 19.6. The molecule has 0 unspecified atom stereocenters. The third-order valence-corrected chi connectivity index (χ3v) is 3.66. The number of methoxy groups -OCH3 is 1. The monoisotopic (exact) mass is 388 g/mol. The molecule has 142 valence electrons. The van der Waals surface area contributed by atoms with Crippen molar-refractivity contribution in [1.82, 2.24) is 5.43 Å². The van der Waals surface area contributed by atoms with Gasteiger partial charge in [0.15, 0.2) is 11.5 Å². The van der Waals surface area contributed by atoms with Crippen molar-refractivity contribution in [2.24, 2.45) is 5.10 Å². The number of halogens is 1. The van der Waals surface area contributed by atoms with Crippen LogP contribution in [0.25, 0.3) is 0 Å². The first-order chi connectivity index (χ1) is 13.1. The van der Waals surface area contributed by atoms with Crippen LogP contribution in [0.3, 0.4) is 0 Å². The van der Waals surface area contributed by atoms with Gasteiger partial charge in [-0.05, 0) is 43.3 Å². The third-order valence-electron chi connectivity index (χ3n) is 3.42. The molecule has 0 spiro atoms. The Morgan fingerprint density at radius 1 is 1.19 bits per heavy atom. The Morgan fingerprint density at radius 3 is 2.67 bits per heavy atom. The fourth-order valence-electron chi connectivity index (χ4n) is 2.21. The molecule has 7 heteroatoms. The Kier molecular flexibility index (Phi) is 7.70. The van der Waals surface area contributed by atoms with Crippen molar-refractivity contribution in [1.29, 1.82) is 0 Å². The lowest BCUT2D eigenvalue weighted by Gasteiger charge is -2.10. The van der Waals surface area contributed by atoms with Crippen molar-refractivity contribution in [3.8, 4) is 17.2 Å². The first-order valence-electron chi connectivity index (χ1n) is 8.26. The number of carbonyl (C=O) groups excluding carboxylic acids is 1. The van der Waals surface area contributed by atoms with Gasteiger partial charge in [-0.25, -0.2) is 5.43 Å². The van der Waals surface area contributed by atoms with Crippen molar-refractivity contribution in [3.05, 3.63) is 65.2 Å². The van der Waals surface area contributed by atoms with E-state index in [-0.39, 0.29) is 5.91 Å². The van der Waals surface area contributed by atoms with E-state index in [2.05, 4.69) is 17.1 Å². The van der Waals surface area contributed by atoms with E-state index in [1.54, 1.807) is 42.5 Å². The molecule has 6 nitrogen and oxygen atoms in total.